The summed E-state index contributed by atoms with van der Waals surface area (Å²) in [5, 5.41) is 3.17. The Morgan fingerprint density at radius 2 is 1.83 bits per heavy atom. The van der Waals surface area contributed by atoms with Crippen molar-refractivity contribution in [1.29, 1.82) is 0 Å². The Morgan fingerprint density at radius 1 is 1.33 bits per heavy atom. The van der Waals surface area contributed by atoms with Crippen molar-refractivity contribution in [3.8, 4) is 0 Å². The molecule has 0 spiro atoms. The van der Waals surface area contributed by atoms with Gasteiger partial charge in [0.2, 0.25) is 10.0 Å². The highest BCUT2D eigenvalue weighted by molar-refractivity contribution is 7.88. The summed E-state index contributed by atoms with van der Waals surface area (Å²) >= 11 is 0. The second-order valence-corrected chi connectivity index (χ2v) is 4.69. The summed E-state index contributed by atoms with van der Waals surface area (Å²) in [5.41, 5.74) is 0. The lowest BCUT2D eigenvalue weighted by Crippen LogP contribution is -2.42. The molecule has 2 N–H and O–H groups in total. The van der Waals surface area contributed by atoms with Gasteiger partial charge in [-0.1, -0.05) is 0 Å². The van der Waals surface area contributed by atoms with Crippen molar-refractivity contribution >= 4 is 22.4 Å². The fourth-order valence-corrected chi connectivity index (χ4v) is 2.08. The Labute approximate surface area is 79.6 Å². The first kappa shape index (κ1) is 12.2. The minimum Gasteiger partial charge on any atom is -0.317 e. The third kappa shape index (κ3) is 4.92. The molecular weight excluding hydrogens is 200 g/mol. The molecular formula is C6H15ClN2O2S. The van der Waals surface area contributed by atoms with Gasteiger partial charge in [0, 0.05) is 6.04 Å². The Kier molecular flexibility index (Phi) is 5.08. The molecule has 0 saturated carbocycles. The molecule has 1 heterocycles. The molecule has 1 aliphatic heterocycles. The molecule has 12 heavy (non-hydrogen) atoms. The highest BCUT2D eigenvalue weighted by Gasteiger charge is 2.15. The molecule has 0 unspecified atom stereocenters. The van der Waals surface area contributed by atoms with Crippen LogP contribution in [-0.4, -0.2) is 33.8 Å². The first-order valence-electron chi connectivity index (χ1n) is 3.76. The van der Waals surface area contributed by atoms with Gasteiger partial charge >= 0.3 is 0 Å². The smallest absolute Gasteiger partial charge is 0.208 e. The van der Waals surface area contributed by atoms with E-state index in [1.54, 1.807) is 0 Å². The van der Waals surface area contributed by atoms with E-state index < -0.39 is 10.0 Å². The molecule has 0 atom stereocenters. The van der Waals surface area contributed by atoms with Crippen LogP contribution in [0.5, 0.6) is 0 Å². The Hall–Kier alpha value is 0.160. The summed E-state index contributed by atoms with van der Waals surface area (Å²) < 4.78 is 24.1. The normalized spacial score (nSPS) is 20.1. The van der Waals surface area contributed by atoms with Crippen molar-refractivity contribution in [3.05, 3.63) is 0 Å². The van der Waals surface area contributed by atoms with Gasteiger partial charge in [0.1, 0.15) is 0 Å². The molecule has 0 amide bonds. The predicted molar refractivity (Wildman–Crippen MR) is 51.1 cm³/mol. The molecule has 4 nitrogen and oxygen atoms in total. The maximum atomic E-state index is 10.8. The molecule has 0 bridgehead atoms. The number of nitrogens with one attached hydrogen (secondary N) is 2. The van der Waals surface area contributed by atoms with E-state index in [4.69, 9.17) is 0 Å². The van der Waals surface area contributed by atoms with Crippen molar-refractivity contribution in [2.75, 3.05) is 19.3 Å². The zero-order valence-corrected chi connectivity index (χ0v) is 8.67. The molecule has 0 aromatic carbocycles. The molecule has 74 valence electrons. The summed E-state index contributed by atoms with van der Waals surface area (Å²) in [7, 11) is -3.00. The highest BCUT2D eigenvalue weighted by atomic mass is 35.5. The summed E-state index contributed by atoms with van der Waals surface area (Å²) in [4.78, 5) is 0. The van der Waals surface area contributed by atoms with Crippen LogP contribution in [0.25, 0.3) is 0 Å². The van der Waals surface area contributed by atoms with Crippen LogP contribution in [0, 0.1) is 0 Å². The number of piperidine rings is 1. The minimum atomic E-state index is -3.00. The van der Waals surface area contributed by atoms with E-state index in [1.165, 1.54) is 6.26 Å². The van der Waals surface area contributed by atoms with Crippen molar-refractivity contribution in [3.63, 3.8) is 0 Å². The van der Waals surface area contributed by atoms with Gasteiger partial charge in [0.25, 0.3) is 0 Å². The fourth-order valence-electron chi connectivity index (χ4n) is 1.24. The minimum absolute atomic E-state index is 0. The molecule has 6 heteroatoms. The molecule has 0 aromatic rings. The van der Waals surface area contributed by atoms with Gasteiger partial charge in [-0.3, -0.25) is 0 Å². The molecule has 1 rings (SSSR count). The van der Waals surface area contributed by atoms with E-state index in [2.05, 4.69) is 10.0 Å². The van der Waals surface area contributed by atoms with Gasteiger partial charge in [0.15, 0.2) is 0 Å². The van der Waals surface area contributed by atoms with E-state index in [-0.39, 0.29) is 18.4 Å². The number of hydrogen-bond donors (Lipinski definition) is 2. The van der Waals surface area contributed by atoms with Crippen LogP contribution in [0.1, 0.15) is 12.8 Å². The lowest BCUT2D eigenvalue weighted by Gasteiger charge is -2.22. The molecule has 1 aliphatic rings. The van der Waals surface area contributed by atoms with Crippen LogP contribution >= 0.6 is 12.4 Å². The van der Waals surface area contributed by atoms with Crippen LogP contribution in [0.4, 0.5) is 0 Å². The Balaban J connectivity index is 0.00000121. The topological polar surface area (TPSA) is 58.2 Å². The maximum absolute atomic E-state index is 10.8. The van der Waals surface area contributed by atoms with Crippen LogP contribution in [0.2, 0.25) is 0 Å². The summed E-state index contributed by atoms with van der Waals surface area (Å²) in [6, 6.07) is 0.145. The average molecular weight is 215 g/mol. The SMILES string of the molecule is CS(=O)(=O)NC1CCNCC1.Cl. The quantitative estimate of drug-likeness (QED) is 0.664. The first-order valence-corrected chi connectivity index (χ1v) is 5.65. The van der Waals surface area contributed by atoms with E-state index >= 15 is 0 Å². The monoisotopic (exact) mass is 214 g/mol. The lowest BCUT2D eigenvalue weighted by molar-refractivity contribution is 0.428. The number of hydrogen-bond acceptors (Lipinski definition) is 3. The number of rotatable bonds is 2. The maximum Gasteiger partial charge on any atom is 0.208 e. The van der Waals surface area contributed by atoms with Crippen molar-refractivity contribution < 1.29 is 8.42 Å². The summed E-state index contributed by atoms with van der Waals surface area (Å²) in [6.07, 6.45) is 3.00. The first-order chi connectivity index (χ1) is 5.08. The molecule has 0 aliphatic carbocycles. The third-order valence-electron chi connectivity index (χ3n) is 1.72. The second kappa shape index (κ2) is 5.01. The number of halogens is 1. The van der Waals surface area contributed by atoms with Gasteiger partial charge in [-0.2, -0.15) is 0 Å². The number of sulfonamides is 1. The van der Waals surface area contributed by atoms with Crippen LogP contribution in [-0.2, 0) is 10.0 Å². The van der Waals surface area contributed by atoms with Crippen LogP contribution in [0.15, 0.2) is 0 Å². The third-order valence-corrected chi connectivity index (χ3v) is 2.48. The lowest BCUT2D eigenvalue weighted by atomic mass is 10.1. The molecule has 0 aromatic heterocycles. The van der Waals surface area contributed by atoms with Crippen molar-refractivity contribution in [2.24, 2.45) is 0 Å². The van der Waals surface area contributed by atoms with Gasteiger partial charge < -0.3 is 5.32 Å². The summed E-state index contributed by atoms with van der Waals surface area (Å²) in [6.45, 7) is 1.82. The van der Waals surface area contributed by atoms with Crippen LogP contribution in [0.3, 0.4) is 0 Å². The Bertz CT molecular complexity index is 212. The van der Waals surface area contributed by atoms with Gasteiger partial charge in [-0.05, 0) is 25.9 Å². The molecule has 0 radical (unpaired) electrons. The highest BCUT2D eigenvalue weighted by Crippen LogP contribution is 2.02. The Morgan fingerprint density at radius 3 is 2.25 bits per heavy atom. The van der Waals surface area contributed by atoms with Gasteiger partial charge in [0.05, 0.1) is 6.26 Å². The zero-order chi connectivity index (χ0) is 8.32. The van der Waals surface area contributed by atoms with Gasteiger partial charge in [-0.15, -0.1) is 12.4 Å². The average Bonchev–Trinajstić information content (AvgIpc) is 1.85. The van der Waals surface area contributed by atoms with E-state index in [9.17, 15) is 8.42 Å². The van der Waals surface area contributed by atoms with Gasteiger partial charge in [-0.25, -0.2) is 13.1 Å². The van der Waals surface area contributed by atoms with Crippen molar-refractivity contribution in [1.82, 2.24) is 10.0 Å². The van der Waals surface area contributed by atoms with Crippen molar-refractivity contribution in [2.45, 2.75) is 18.9 Å². The molecule has 1 fully saturated rings. The predicted octanol–water partition coefficient (Wildman–Crippen LogP) is -0.291. The van der Waals surface area contributed by atoms with E-state index in [0.717, 1.165) is 25.9 Å². The van der Waals surface area contributed by atoms with E-state index in [1.807, 2.05) is 0 Å². The van der Waals surface area contributed by atoms with Crippen LogP contribution < -0.4 is 10.0 Å². The molecule has 1 saturated heterocycles. The second-order valence-electron chi connectivity index (χ2n) is 2.91. The van der Waals surface area contributed by atoms with E-state index in [0.29, 0.717) is 0 Å². The summed E-state index contributed by atoms with van der Waals surface area (Å²) in [5.74, 6) is 0. The largest absolute Gasteiger partial charge is 0.317 e. The zero-order valence-electron chi connectivity index (χ0n) is 7.04. The fraction of sp³-hybridized carbons (Fsp3) is 1.00. The standard InChI is InChI=1S/C6H14N2O2S.ClH/c1-11(9,10)8-6-2-4-7-5-3-6;/h6-8H,2-5H2,1H3;1H.